The summed E-state index contributed by atoms with van der Waals surface area (Å²) in [5.41, 5.74) is 0. The number of aromatic nitrogens is 4. The molecule has 2 aromatic heterocycles. The molecule has 0 fully saturated rings. The van der Waals surface area contributed by atoms with Crippen molar-refractivity contribution in [3.05, 3.63) is 24.8 Å². The molecule has 0 aliphatic heterocycles. The molecule has 2 amide bonds. The summed E-state index contributed by atoms with van der Waals surface area (Å²) in [5, 5.41) is 5.34. The second-order valence-electron chi connectivity index (χ2n) is 4.60. The summed E-state index contributed by atoms with van der Waals surface area (Å²) in [6.07, 6.45) is 7.73. The zero-order chi connectivity index (χ0) is 15.2. The van der Waals surface area contributed by atoms with Crippen LogP contribution in [0.3, 0.4) is 0 Å². The maximum atomic E-state index is 11.1. The summed E-state index contributed by atoms with van der Waals surface area (Å²) < 4.78 is 3.74. The molecule has 21 heavy (non-hydrogen) atoms. The Kier molecular flexibility index (Phi) is 4.70. The Balaban J connectivity index is 1.90. The van der Waals surface area contributed by atoms with Crippen molar-refractivity contribution in [3.63, 3.8) is 0 Å². The van der Waals surface area contributed by atoms with E-state index >= 15 is 0 Å². The second kappa shape index (κ2) is 6.69. The Hall–Kier alpha value is -2.64. The number of carbonyl (C=O) groups is 2. The van der Waals surface area contributed by atoms with Crippen LogP contribution in [-0.2, 0) is 22.7 Å². The van der Waals surface area contributed by atoms with Crippen LogP contribution in [0.25, 0.3) is 0 Å². The first-order chi connectivity index (χ1) is 10.1. The van der Waals surface area contributed by atoms with Gasteiger partial charge in [-0.2, -0.15) is 0 Å². The van der Waals surface area contributed by atoms with E-state index in [2.05, 4.69) is 20.6 Å². The van der Waals surface area contributed by atoms with Crippen LogP contribution in [0.15, 0.2) is 24.8 Å². The lowest BCUT2D eigenvalue weighted by Crippen LogP contribution is -2.14. The largest absolute Gasteiger partial charge is 0.317 e. The summed E-state index contributed by atoms with van der Waals surface area (Å²) in [7, 11) is 0. The van der Waals surface area contributed by atoms with E-state index in [4.69, 9.17) is 0 Å². The average molecular weight is 290 g/mol. The Morgan fingerprint density at radius 3 is 1.76 bits per heavy atom. The fourth-order valence-electron chi connectivity index (χ4n) is 1.95. The lowest BCUT2D eigenvalue weighted by molar-refractivity contribution is -0.115. The number of aryl methyl sites for hydroxylation is 2. The van der Waals surface area contributed by atoms with Gasteiger partial charge in [0.05, 0.1) is 0 Å². The lowest BCUT2D eigenvalue weighted by atomic mass is 10.4. The highest BCUT2D eigenvalue weighted by molar-refractivity contribution is 5.87. The Labute approximate surface area is 122 Å². The average Bonchev–Trinajstić information content (AvgIpc) is 2.99. The van der Waals surface area contributed by atoms with Gasteiger partial charge in [0.25, 0.3) is 0 Å². The molecule has 0 radical (unpaired) electrons. The first-order valence-electron chi connectivity index (χ1n) is 6.63. The van der Waals surface area contributed by atoms with Gasteiger partial charge in [-0.25, -0.2) is 9.97 Å². The molecule has 0 bridgehead atoms. The molecule has 0 saturated heterocycles. The van der Waals surface area contributed by atoms with Crippen molar-refractivity contribution in [2.24, 2.45) is 0 Å². The second-order valence-corrected chi connectivity index (χ2v) is 4.60. The van der Waals surface area contributed by atoms with Gasteiger partial charge in [-0.05, 0) is 6.42 Å². The minimum absolute atomic E-state index is 0.148. The van der Waals surface area contributed by atoms with Crippen LogP contribution >= 0.6 is 0 Å². The van der Waals surface area contributed by atoms with Crippen LogP contribution in [0, 0.1) is 0 Å². The lowest BCUT2D eigenvalue weighted by Gasteiger charge is -2.10. The molecule has 2 heterocycles. The van der Waals surface area contributed by atoms with Gasteiger partial charge < -0.3 is 9.13 Å². The molecule has 0 saturated carbocycles. The highest BCUT2D eigenvalue weighted by Gasteiger charge is 2.06. The summed E-state index contributed by atoms with van der Waals surface area (Å²) in [4.78, 5) is 30.3. The van der Waals surface area contributed by atoms with Crippen molar-refractivity contribution in [1.82, 2.24) is 19.1 Å². The number of nitrogens with one attached hydrogen (secondary N) is 2. The summed E-state index contributed by atoms with van der Waals surface area (Å²) in [6, 6.07) is 0. The summed E-state index contributed by atoms with van der Waals surface area (Å²) in [5.74, 6) is 0.778. The highest BCUT2D eigenvalue weighted by atomic mass is 16.2. The molecule has 112 valence electrons. The van der Waals surface area contributed by atoms with Crippen molar-refractivity contribution in [2.45, 2.75) is 33.4 Å². The van der Waals surface area contributed by atoms with Crippen molar-refractivity contribution in [1.29, 1.82) is 0 Å². The minimum atomic E-state index is -0.148. The number of anilines is 2. The number of rotatable bonds is 6. The molecule has 0 aromatic carbocycles. The highest BCUT2D eigenvalue weighted by Crippen LogP contribution is 2.09. The molecule has 0 aliphatic carbocycles. The van der Waals surface area contributed by atoms with Crippen LogP contribution in [0.4, 0.5) is 11.9 Å². The predicted molar refractivity (Wildman–Crippen MR) is 77.7 cm³/mol. The van der Waals surface area contributed by atoms with Gasteiger partial charge in [-0.15, -0.1) is 0 Å². The quantitative estimate of drug-likeness (QED) is 0.832. The molecule has 2 N–H and O–H groups in total. The molecular weight excluding hydrogens is 272 g/mol. The normalized spacial score (nSPS) is 10.4. The fraction of sp³-hybridized carbons (Fsp3) is 0.385. The van der Waals surface area contributed by atoms with Crippen molar-refractivity contribution in [3.8, 4) is 0 Å². The number of hydrogen-bond donors (Lipinski definition) is 2. The van der Waals surface area contributed by atoms with Crippen LogP contribution < -0.4 is 10.6 Å². The van der Waals surface area contributed by atoms with E-state index in [-0.39, 0.29) is 11.8 Å². The van der Waals surface area contributed by atoms with E-state index in [1.54, 1.807) is 12.4 Å². The topological polar surface area (TPSA) is 93.8 Å². The molecule has 0 atom stereocenters. The molecule has 0 aliphatic rings. The number of amides is 2. The van der Waals surface area contributed by atoms with Crippen molar-refractivity contribution >= 4 is 23.7 Å². The zero-order valence-corrected chi connectivity index (χ0v) is 12.0. The van der Waals surface area contributed by atoms with Crippen LogP contribution in [0.2, 0.25) is 0 Å². The van der Waals surface area contributed by atoms with Gasteiger partial charge in [0.15, 0.2) is 0 Å². The van der Waals surface area contributed by atoms with Gasteiger partial charge in [0.2, 0.25) is 23.7 Å². The Bertz CT molecular complexity index is 576. The number of nitrogens with zero attached hydrogens (tertiary/aromatic N) is 4. The first-order valence-corrected chi connectivity index (χ1v) is 6.63. The molecular formula is C13H18N6O2. The van der Waals surface area contributed by atoms with Crippen LogP contribution in [-0.4, -0.2) is 30.9 Å². The van der Waals surface area contributed by atoms with E-state index in [9.17, 15) is 9.59 Å². The number of hydrogen-bond acceptors (Lipinski definition) is 4. The molecule has 8 nitrogen and oxygen atoms in total. The van der Waals surface area contributed by atoms with E-state index in [1.807, 2.05) is 21.5 Å². The summed E-state index contributed by atoms with van der Waals surface area (Å²) >= 11 is 0. The predicted octanol–water partition coefficient (Wildman–Crippen LogP) is 1.09. The third-order valence-electron chi connectivity index (χ3n) is 2.80. The summed E-state index contributed by atoms with van der Waals surface area (Å²) in [6.45, 7) is 4.30. The molecule has 8 heteroatoms. The molecule has 2 rings (SSSR count). The maximum absolute atomic E-state index is 11.1. The van der Waals surface area contributed by atoms with Crippen molar-refractivity contribution < 1.29 is 9.59 Å². The van der Waals surface area contributed by atoms with E-state index < -0.39 is 0 Å². The molecule has 0 unspecified atom stereocenters. The number of carbonyl (C=O) groups excluding carboxylic acids is 2. The fourth-order valence-corrected chi connectivity index (χ4v) is 1.95. The van der Waals surface area contributed by atoms with E-state index in [0.717, 1.165) is 6.42 Å². The SMILES string of the molecule is CC(=O)Nc1nccn1CCCn1ccnc1NC(C)=O. The third kappa shape index (κ3) is 4.16. The van der Waals surface area contributed by atoms with Crippen LogP contribution in [0.1, 0.15) is 20.3 Å². The van der Waals surface area contributed by atoms with Gasteiger partial charge in [-0.3, -0.25) is 20.2 Å². The Morgan fingerprint density at radius 2 is 1.38 bits per heavy atom. The smallest absolute Gasteiger partial charge is 0.223 e. The first kappa shape index (κ1) is 14.8. The van der Waals surface area contributed by atoms with Gasteiger partial charge in [-0.1, -0.05) is 0 Å². The van der Waals surface area contributed by atoms with Crippen LogP contribution in [0.5, 0.6) is 0 Å². The van der Waals surface area contributed by atoms with Gasteiger partial charge >= 0.3 is 0 Å². The zero-order valence-electron chi connectivity index (χ0n) is 12.0. The third-order valence-corrected chi connectivity index (χ3v) is 2.80. The Morgan fingerprint density at radius 1 is 0.952 bits per heavy atom. The molecule has 0 spiro atoms. The minimum Gasteiger partial charge on any atom is -0.317 e. The van der Waals surface area contributed by atoms with E-state index in [0.29, 0.717) is 25.0 Å². The monoisotopic (exact) mass is 290 g/mol. The number of imidazole rings is 2. The van der Waals surface area contributed by atoms with Crippen molar-refractivity contribution in [2.75, 3.05) is 10.6 Å². The van der Waals surface area contributed by atoms with Gasteiger partial charge in [0, 0.05) is 51.7 Å². The standard InChI is InChI=1S/C13H18N6O2/c1-10(20)16-12-14-4-8-18(12)6-3-7-19-9-5-15-13(19)17-11(2)21/h4-5,8-9H,3,6-7H2,1-2H3,(H,14,16,20)(H,15,17,21). The maximum Gasteiger partial charge on any atom is 0.223 e. The molecule has 2 aromatic rings. The van der Waals surface area contributed by atoms with E-state index in [1.165, 1.54) is 13.8 Å². The van der Waals surface area contributed by atoms with Gasteiger partial charge in [0.1, 0.15) is 0 Å².